The topological polar surface area (TPSA) is 61.7 Å². The van der Waals surface area contributed by atoms with Crippen molar-refractivity contribution in [3.8, 4) is 0 Å². The molecule has 6 heteroatoms. The standard InChI is InChI=1S/C18H30N4O2/c1-5-15-10-16(20-17(19-15)21-6-8-24-9-7-21)22-11-14(4)18(23,12-22)13(2)3/h10,13-14,23H,5-9,11-12H2,1-4H3/t14-,18-/m0/s1. The van der Waals surface area contributed by atoms with Gasteiger partial charge in [-0.05, 0) is 12.3 Å². The van der Waals surface area contributed by atoms with Crippen molar-refractivity contribution in [2.75, 3.05) is 49.2 Å². The summed E-state index contributed by atoms with van der Waals surface area (Å²) in [6.45, 7) is 13.0. The minimum Gasteiger partial charge on any atom is -0.387 e. The molecule has 1 aromatic rings. The number of nitrogens with zero attached hydrogens (tertiary/aromatic N) is 4. The molecule has 0 aliphatic carbocycles. The van der Waals surface area contributed by atoms with Gasteiger partial charge in [0.25, 0.3) is 0 Å². The van der Waals surface area contributed by atoms with E-state index in [9.17, 15) is 5.11 Å². The van der Waals surface area contributed by atoms with Gasteiger partial charge in [-0.2, -0.15) is 4.98 Å². The van der Waals surface area contributed by atoms with Gasteiger partial charge in [0.05, 0.1) is 18.8 Å². The minimum absolute atomic E-state index is 0.226. The smallest absolute Gasteiger partial charge is 0.227 e. The van der Waals surface area contributed by atoms with Crippen LogP contribution in [0.4, 0.5) is 11.8 Å². The lowest BCUT2D eigenvalue weighted by Crippen LogP contribution is -2.42. The monoisotopic (exact) mass is 334 g/mol. The van der Waals surface area contributed by atoms with Crippen molar-refractivity contribution in [1.82, 2.24) is 9.97 Å². The first-order valence-corrected chi connectivity index (χ1v) is 9.12. The summed E-state index contributed by atoms with van der Waals surface area (Å²) in [4.78, 5) is 13.9. The number of β-amino-alcohol motifs (C(OH)–C–C–N with tert-alkyl or cyclic N) is 1. The maximum atomic E-state index is 11.0. The maximum Gasteiger partial charge on any atom is 0.227 e. The van der Waals surface area contributed by atoms with Crippen LogP contribution in [-0.2, 0) is 11.2 Å². The van der Waals surface area contributed by atoms with Crippen LogP contribution in [0.3, 0.4) is 0 Å². The quantitative estimate of drug-likeness (QED) is 0.905. The molecule has 0 amide bonds. The van der Waals surface area contributed by atoms with E-state index in [1.165, 1.54) is 0 Å². The van der Waals surface area contributed by atoms with E-state index in [0.717, 1.165) is 56.7 Å². The number of aliphatic hydroxyl groups is 1. The molecule has 0 spiro atoms. The summed E-state index contributed by atoms with van der Waals surface area (Å²) in [6, 6.07) is 2.07. The minimum atomic E-state index is -0.656. The van der Waals surface area contributed by atoms with Crippen LogP contribution in [0.5, 0.6) is 0 Å². The zero-order valence-electron chi connectivity index (χ0n) is 15.3. The average molecular weight is 334 g/mol. The Kier molecular flexibility index (Phi) is 4.97. The second-order valence-electron chi connectivity index (χ2n) is 7.40. The number of rotatable bonds is 4. The van der Waals surface area contributed by atoms with Crippen molar-refractivity contribution in [3.05, 3.63) is 11.8 Å². The summed E-state index contributed by atoms with van der Waals surface area (Å²) < 4.78 is 5.43. The van der Waals surface area contributed by atoms with Gasteiger partial charge in [0.15, 0.2) is 0 Å². The first-order chi connectivity index (χ1) is 11.4. The Balaban J connectivity index is 1.88. The summed E-state index contributed by atoms with van der Waals surface area (Å²) in [5.41, 5.74) is 0.394. The highest BCUT2D eigenvalue weighted by atomic mass is 16.5. The number of hydrogen-bond donors (Lipinski definition) is 1. The van der Waals surface area contributed by atoms with Gasteiger partial charge in [-0.25, -0.2) is 4.98 Å². The number of hydrogen-bond acceptors (Lipinski definition) is 6. The van der Waals surface area contributed by atoms with Crippen molar-refractivity contribution < 1.29 is 9.84 Å². The molecule has 3 rings (SSSR count). The second-order valence-corrected chi connectivity index (χ2v) is 7.40. The van der Waals surface area contributed by atoms with Crippen molar-refractivity contribution in [2.24, 2.45) is 11.8 Å². The second kappa shape index (κ2) is 6.84. The molecule has 2 aliphatic rings. The average Bonchev–Trinajstić information content (AvgIpc) is 2.92. The van der Waals surface area contributed by atoms with E-state index in [4.69, 9.17) is 14.7 Å². The normalized spacial score (nSPS) is 28.0. The van der Waals surface area contributed by atoms with Crippen LogP contribution < -0.4 is 9.80 Å². The molecule has 24 heavy (non-hydrogen) atoms. The third-order valence-corrected chi connectivity index (χ3v) is 5.53. The van der Waals surface area contributed by atoms with Gasteiger partial charge in [0.2, 0.25) is 5.95 Å². The Hall–Kier alpha value is -1.40. The molecule has 1 N–H and O–H groups in total. The van der Waals surface area contributed by atoms with Crippen LogP contribution >= 0.6 is 0 Å². The molecule has 134 valence electrons. The molecule has 0 saturated carbocycles. The maximum absolute atomic E-state index is 11.0. The summed E-state index contributed by atoms with van der Waals surface area (Å²) >= 11 is 0. The number of aromatic nitrogens is 2. The van der Waals surface area contributed by atoms with Crippen LogP contribution in [0.15, 0.2) is 6.07 Å². The zero-order valence-corrected chi connectivity index (χ0v) is 15.3. The van der Waals surface area contributed by atoms with E-state index in [0.29, 0.717) is 6.54 Å². The molecule has 2 atom stereocenters. The lowest BCUT2D eigenvalue weighted by Gasteiger charge is -2.31. The molecular formula is C18H30N4O2. The number of morpholine rings is 1. The van der Waals surface area contributed by atoms with Gasteiger partial charge in [0, 0.05) is 43.9 Å². The van der Waals surface area contributed by atoms with Crippen LogP contribution in [0.2, 0.25) is 0 Å². The van der Waals surface area contributed by atoms with Crippen molar-refractivity contribution in [1.29, 1.82) is 0 Å². The van der Waals surface area contributed by atoms with E-state index in [-0.39, 0.29) is 11.8 Å². The molecule has 0 aromatic carbocycles. The van der Waals surface area contributed by atoms with Gasteiger partial charge >= 0.3 is 0 Å². The van der Waals surface area contributed by atoms with E-state index in [1.54, 1.807) is 0 Å². The van der Waals surface area contributed by atoms with Crippen LogP contribution in [0.1, 0.15) is 33.4 Å². The number of ether oxygens (including phenoxy) is 1. The Morgan fingerprint density at radius 1 is 1.29 bits per heavy atom. The zero-order chi connectivity index (χ0) is 17.3. The lowest BCUT2D eigenvalue weighted by molar-refractivity contribution is -0.0187. The fourth-order valence-corrected chi connectivity index (χ4v) is 3.66. The molecule has 2 saturated heterocycles. The van der Waals surface area contributed by atoms with Crippen LogP contribution in [-0.4, -0.2) is 60.1 Å². The van der Waals surface area contributed by atoms with Gasteiger partial charge in [-0.15, -0.1) is 0 Å². The fraction of sp³-hybridized carbons (Fsp3) is 0.778. The first-order valence-electron chi connectivity index (χ1n) is 9.12. The Morgan fingerprint density at radius 2 is 2.00 bits per heavy atom. The van der Waals surface area contributed by atoms with Crippen molar-refractivity contribution in [2.45, 2.75) is 39.7 Å². The van der Waals surface area contributed by atoms with Gasteiger partial charge in [0.1, 0.15) is 5.82 Å². The van der Waals surface area contributed by atoms with Crippen LogP contribution in [0.25, 0.3) is 0 Å². The number of aryl methyl sites for hydroxylation is 1. The van der Waals surface area contributed by atoms with Crippen LogP contribution in [0, 0.1) is 11.8 Å². The van der Waals surface area contributed by atoms with E-state index in [1.807, 2.05) is 0 Å². The van der Waals surface area contributed by atoms with E-state index >= 15 is 0 Å². The molecule has 0 unspecified atom stereocenters. The SMILES string of the molecule is CCc1cc(N2C[C@H](C)[C@@](O)(C(C)C)C2)nc(N2CCOCC2)n1. The van der Waals surface area contributed by atoms with Crippen molar-refractivity contribution >= 4 is 11.8 Å². The Morgan fingerprint density at radius 3 is 2.58 bits per heavy atom. The fourth-order valence-electron chi connectivity index (χ4n) is 3.66. The molecule has 2 fully saturated rings. The van der Waals surface area contributed by atoms with E-state index in [2.05, 4.69) is 43.6 Å². The molecule has 2 aliphatic heterocycles. The highest BCUT2D eigenvalue weighted by Gasteiger charge is 2.45. The molecular weight excluding hydrogens is 304 g/mol. The number of anilines is 2. The Labute approximate surface area is 144 Å². The third-order valence-electron chi connectivity index (χ3n) is 5.53. The summed E-state index contributed by atoms with van der Waals surface area (Å²) in [5, 5.41) is 11.0. The highest BCUT2D eigenvalue weighted by Crippen LogP contribution is 2.36. The molecule has 0 radical (unpaired) electrons. The van der Waals surface area contributed by atoms with Gasteiger partial charge in [-0.1, -0.05) is 27.7 Å². The predicted octanol–water partition coefficient (Wildman–Crippen LogP) is 1.72. The van der Waals surface area contributed by atoms with E-state index < -0.39 is 5.60 Å². The molecule has 6 nitrogen and oxygen atoms in total. The largest absolute Gasteiger partial charge is 0.387 e. The molecule has 1 aromatic heterocycles. The molecule has 3 heterocycles. The van der Waals surface area contributed by atoms with Gasteiger partial charge in [-0.3, -0.25) is 0 Å². The van der Waals surface area contributed by atoms with Crippen molar-refractivity contribution in [3.63, 3.8) is 0 Å². The summed E-state index contributed by atoms with van der Waals surface area (Å²) in [6.07, 6.45) is 0.880. The molecule has 0 bridgehead atoms. The highest BCUT2D eigenvalue weighted by molar-refractivity contribution is 5.48. The third kappa shape index (κ3) is 3.22. The summed E-state index contributed by atoms with van der Waals surface area (Å²) in [7, 11) is 0. The lowest BCUT2D eigenvalue weighted by atomic mass is 9.82. The predicted molar refractivity (Wildman–Crippen MR) is 95.6 cm³/mol. The Bertz CT molecular complexity index is 574. The first kappa shape index (κ1) is 17.4. The van der Waals surface area contributed by atoms with Gasteiger partial charge < -0.3 is 19.6 Å². The summed E-state index contributed by atoms with van der Waals surface area (Å²) in [5.74, 6) is 2.18.